The average Bonchev–Trinajstić information content (AvgIpc) is 3.23. The number of ether oxygens (including phenoxy) is 2. The first-order valence-electron chi connectivity index (χ1n) is 10.3. The molecule has 0 spiro atoms. The predicted octanol–water partition coefficient (Wildman–Crippen LogP) is 3.96. The maximum absolute atomic E-state index is 13.4. The van der Waals surface area contributed by atoms with E-state index >= 15 is 0 Å². The van der Waals surface area contributed by atoms with E-state index in [1.54, 1.807) is 13.0 Å². The molecule has 3 aromatic rings. The lowest BCUT2D eigenvalue weighted by atomic mass is 10.1. The summed E-state index contributed by atoms with van der Waals surface area (Å²) in [5.74, 6) is -1.22. The zero-order valence-electron chi connectivity index (χ0n) is 18.5. The van der Waals surface area contributed by atoms with E-state index in [2.05, 4.69) is 15.2 Å². The van der Waals surface area contributed by atoms with Gasteiger partial charge in [-0.3, -0.25) is 14.3 Å². The topological polar surface area (TPSA) is 109 Å². The number of amides is 2. The van der Waals surface area contributed by atoms with Gasteiger partial charge in [-0.1, -0.05) is 0 Å². The molecule has 35 heavy (non-hydrogen) atoms. The Hall–Kier alpha value is -4.53. The highest BCUT2D eigenvalue weighted by molar-refractivity contribution is 6.15. The number of alkyl halides is 3. The molecule has 0 radical (unpaired) electrons. The molecule has 0 saturated carbocycles. The highest BCUT2D eigenvalue weighted by Gasteiger charge is 2.36. The van der Waals surface area contributed by atoms with Crippen LogP contribution in [0.5, 0.6) is 11.5 Å². The van der Waals surface area contributed by atoms with E-state index in [1.807, 2.05) is 6.07 Å². The van der Waals surface area contributed by atoms with Crippen LogP contribution in [-0.4, -0.2) is 41.1 Å². The molecule has 2 aromatic carbocycles. The number of rotatable bonds is 5. The number of hydrogen-bond donors (Lipinski definition) is 1. The molecule has 2 amide bonds. The van der Waals surface area contributed by atoms with Crippen LogP contribution in [-0.2, 0) is 6.54 Å². The molecule has 0 saturated heterocycles. The van der Waals surface area contributed by atoms with Gasteiger partial charge >= 0.3 is 6.36 Å². The number of carbonyl (C=O) groups is 2. The Bertz CT molecular complexity index is 1330. The molecule has 1 N–H and O–H groups in total. The van der Waals surface area contributed by atoms with Crippen molar-refractivity contribution in [3.8, 4) is 17.6 Å². The summed E-state index contributed by atoms with van der Waals surface area (Å²) in [4.78, 5) is 27.7. The Morgan fingerprint density at radius 2 is 1.94 bits per heavy atom. The Kier molecular flexibility index (Phi) is 6.09. The van der Waals surface area contributed by atoms with Crippen molar-refractivity contribution in [2.24, 2.45) is 0 Å². The molecule has 1 aliphatic rings. The second-order valence-electron chi connectivity index (χ2n) is 7.64. The monoisotopic (exact) mass is 485 g/mol. The maximum atomic E-state index is 13.4. The summed E-state index contributed by atoms with van der Waals surface area (Å²) in [6, 6.07) is 11.0. The van der Waals surface area contributed by atoms with E-state index in [-0.39, 0.29) is 29.4 Å². The minimum absolute atomic E-state index is 0.0123. The minimum atomic E-state index is -4.83. The minimum Gasteiger partial charge on any atom is -0.495 e. The van der Waals surface area contributed by atoms with Crippen LogP contribution in [0, 0.1) is 11.3 Å². The van der Waals surface area contributed by atoms with Crippen LogP contribution in [0.2, 0.25) is 0 Å². The molecule has 9 nitrogen and oxygen atoms in total. The van der Waals surface area contributed by atoms with Crippen molar-refractivity contribution in [3.05, 3.63) is 65.5 Å². The fourth-order valence-corrected chi connectivity index (χ4v) is 3.81. The quantitative estimate of drug-likeness (QED) is 0.586. The van der Waals surface area contributed by atoms with Crippen molar-refractivity contribution in [3.63, 3.8) is 0 Å². The van der Waals surface area contributed by atoms with Gasteiger partial charge in [0.15, 0.2) is 0 Å². The number of fused-ring (bicyclic) bond motifs is 1. The molecule has 4 rings (SSSR count). The van der Waals surface area contributed by atoms with Crippen molar-refractivity contribution in [2.75, 3.05) is 17.3 Å². The summed E-state index contributed by atoms with van der Waals surface area (Å²) in [6.07, 6.45) is -3.56. The number of methoxy groups -OCH3 is 1. The lowest BCUT2D eigenvalue weighted by molar-refractivity contribution is -0.274. The molecule has 180 valence electrons. The molecule has 0 aliphatic carbocycles. The van der Waals surface area contributed by atoms with Crippen molar-refractivity contribution in [1.82, 2.24) is 9.78 Å². The molecule has 0 unspecified atom stereocenters. The zero-order valence-corrected chi connectivity index (χ0v) is 18.5. The molecule has 1 aliphatic heterocycles. The third-order valence-corrected chi connectivity index (χ3v) is 5.31. The predicted molar refractivity (Wildman–Crippen MR) is 117 cm³/mol. The largest absolute Gasteiger partial charge is 0.573 e. The molecule has 2 heterocycles. The number of hydrogen-bond acceptors (Lipinski definition) is 6. The Morgan fingerprint density at radius 3 is 2.57 bits per heavy atom. The van der Waals surface area contributed by atoms with Gasteiger partial charge in [-0.15, -0.1) is 13.2 Å². The van der Waals surface area contributed by atoms with Crippen molar-refractivity contribution < 1.29 is 32.2 Å². The second kappa shape index (κ2) is 9.02. The third kappa shape index (κ3) is 4.74. The normalized spacial score (nSPS) is 15.3. The number of nitriles is 1. The summed E-state index contributed by atoms with van der Waals surface area (Å²) >= 11 is 0. The van der Waals surface area contributed by atoms with E-state index in [0.29, 0.717) is 17.1 Å². The first-order chi connectivity index (χ1) is 16.6. The fraction of sp³-hybridized carbons (Fsp3) is 0.217. The number of nitrogens with zero attached hydrogens (tertiary/aromatic N) is 4. The van der Waals surface area contributed by atoms with Gasteiger partial charge < -0.3 is 19.7 Å². The van der Waals surface area contributed by atoms with Crippen molar-refractivity contribution >= 4 is 23.2 Å². The molecule has 0 bridgehead atoms. The third-order valence-electron chi connectivity index (χ3n) is 5.31. The number of benzene rings is 2. The Morgan fingerprint density at radius 1 is 1.23 bits per heavy atom. The van der Waals surface area contributed by atoms with Crippen LogP contribution in [0.1, 0.15) is 33.3 Å². The van der Waals surface area contributed by atoms with E-state index in [0.717, 1.165) is 12.1 Å². The number of nitrogens with one attached hydrogen (secondary N) is 1. The van der Waals surface area contributed by atoms with Crippen LogP contribution in [0.3, 0.4) is 0 Å². The SMILES string of the molecule is COc1ccc(NC(=O)c2cnn3c2C(=O)N(c2ccc(OC(F)(F)F)cc2)[C@@H](C)C3)cc1C#N. The summed E-state index contributed by atoms with van der Waals surface area (Å²) in [6.45, 7) is 2.01. The molecular weight excluding hydrogens is 467 g/mol. The summed E-state index contributed by atoms with van der Waals surface area (Å²) in [7, 11) is 1.42. The highest BCUT2D eigenvalue weighted by atomic mass is 19.4. The zero-order chi connectivity index (χ0) is 25.3. The lowest BCUT2D eigenvalue weighted by Gasteiger charge is -2.34. The van der Waals surface area contributed by atoms with Gasteiger partial charge in [0.05, 0.1) is 37.0 Å². The van der Waals surface area contributed by atoms with Gasteiger partial charge in [0.25, 0.3) is 11.8 Å². The highest BCUT2D eigenvalue weighted by Crippen LogP contribution is 2.30. The molecule has 1 atom stereocenters. The smallest absolute Gasteiger partial charge is 0.495 e. The van der Waals surface area contributed by atoms with Crippen LogP contribution < -0.4 is 19.7 Å². The molecule has 1 aromatic heterocycles. The summed E-state index contributed by atoms with van der Waals surface area (Å²) < 4.78 is 47.7. The number of aromatic nitrogens is 2. The van der Waals surface area contributed by atoms with E-state index < -0.39 is 23.9 Å². The number of halogens is 3. The van der Waals surface area contributed by atoms with E-state index in [9.17, 15) is 28.0 Å². The molecule has 12 heteroatoms. The van der Waals surface area contributed by atoms with Crippen LogP contribution in [0.15, 0.2) is 48.7 Å². The van der Waals surface area contributed by atoms with Gasteiger partial charge in [0, 0.05) is 11.4 Å². The van der Waals surface area contributed by atoms with Gasteiger partial charge in [0.2, 0.25) is 0 Å². The lowest BCUT2D eigenvalue weighted by Crippen LogP contribution is -2.47. The van der Waals surface area contributed by atoms with Crippen molar-refractivity contribution in [2.45, 2.75) is 25.9 Å². The van der Waals surface area contributed by atoms with Crippen molar-refractivity contribution in [1.29, 1.82) is 5.26 Å². The Balaban J connectivity index is 1.60. The van der Waals surface area contributed by atoms with Gasteiger partial charge in [-0.25, -0.2) is 0 Å². The standard InChI is InChI=1S/C23H18F3N5O4/c1-13-12-30-20(22(33)31(13)16-4-6-17(7-5-16)35-23(24,25)26)18(11-28-30)21(32)29-15-3-8-19(34-2)14(9-15)10-27/h3-9,11,13H,12H2,1-2H3,(H,29,32)/t13-/m0/s1. The fourth-order valence-electron chi connectivity index (χ4n) is 3.81. The molecular formula is C23H18F3N5O4. The van der Waals surface area contributed by atoms with Crippen LogP contribution in [0.4, 0.5) is 24.5 Å². The first kappa shape index (κ1) is 23.6. The maximum Gasteiger partial charge on any atom is 0.573 e. The number of carbonyl (C=O) groups excluding carboxylic acids is 2. The average molecular weight is 485 g/mol. The second-order valence-corrected chi connectivity index (χ2v) is 7.64. The van der Waals surface area contributed by atoms with Crippen LogP contribution >= 0.6 is 0 Å². The van der Waals surface area contributed by atoms with E-state index in [4.69, 9.17) is 4.74 Å². The van der Waals surface area contributed by atoms with E-state index in [1.165, 1.54) is 47.2 Å². The first-order valence-corrected chi connectivity index (χ1v) is 10.3. The van der Waals surface area contributed by atoms with Gasteiger partial charge in [-0.05, 0) is 49.4 Å². The number of anilines is 2. The van der Waals surface area contributed by atoms with Gasteiger partial charge in [0.1, 0.15) is 23.3 Å². The van der Waals surface area contributed by atoms with Crippen LogP contribution in [0.25, 0.3) is 0 Å². The van der Waals surface area contributed by atoms with Gasteiger partial charge in [-0.2, -0.15) is 10.4 Å². The molecule has 0 fully saturated rings. The Labute approximate surface area is 197 Å². The summed E-state index contributed by atoms with van der Waals surface area (Å²) in [5, 5.41) is 16.0. The summed E-state index contributed by atoms with van der Waals surface area (Å²) in [5.41, 5.74) is 0.922.